The molecular weight excluding hydrogens is 224 g/mol. The third kappa shape index (κ3) is 2.30. The molecule has 0 spiro atoms. The van der Waals surface area contributed by atoms with Crippen LogP contribution < -0.4 is 5.32 Å². The van der Waals surface area contributed by atoms with Gasteiger partial charge in [-0.25, -0.2) is 0 Å². The monoisotopic (exact) mass is 248 g/mol. The Hall–Kier alpha value is -0.900. The molecule has 1 aromatic rings. The summed E-state index contributed by atoms with van der Waals surface area (Å²) in [4.78, 5) is 2.43. The van der Waals surface area contributed by atoms with Crippen molar-refractivity contribution in [3.8, 4) is 0 Å². The predicted octanol–water partition coefficient (Wildman–Crippen LogP) is 1.44. The molecule has 1 aromatic carbocycles. The summed E-state index contributed by atoms with van der Waals surface area (Å²) in [6, 6.07) is 10.4. The molecule has 1 atom stereocenters. The van der Waals surface area contributed by atoms with E-state index in [1.165, 1.54) is 5.56 Å². The maximum Gasteiger partial charge on any atom is 0.0718 e. The van der Waals surface area contributed by atoms with Gasteiger partial charge in [0.25, 0.3) is 0 Å². The molecule has 1 fully saturated rings. The standard InChI is InChI=1S/C15H24N2O/c1-13(2)15(12-18,14-6-4-3-5-7-14)17-10-8-16-9-11-17/h3-7,13,16,18H,8-12H2,1-2H3. The third-order valence-electron chi connectivity index (χ3n) is 4.15. The van der Waals surface area contributed by atoms with E-state index in [0.29, 0.717) is 5.92 Å². The molecule has 100 valence electrons. The van der Waals surface area contributed by atoms with Crippen LogP contribution in [0.3, 0.4) is 0 Å². The summed E-state index contributed by atoms with van der Waals surface area (Å²) in [5.41, 5.74) is 0.980. The summed E-state index contributed by atoms with van der Waals surface area (Å²) < 4.78 is 0. The molecule has 0 saturated carbocycles. The molecule has 3 heteroatoms. The Kier molecular flexibility index (Phi) is 4.38. The first-order valence-electron chi connectivity index (χ1n) is 6.84. The van der Waals surface area contributed by atoms with E-state index in [1.54, 1.807) is 0 Å². The molecule has 1 saturated heterocycles. The SMILES string of the molecule is CC(C)C(CO)(c1ccccc1)N1CCNCC1. The highest BCUT2D eigenvalue weighted by atomic mass is 16.3. The molecule has 0 bridgehead atoms. The van der Waals surface area contributed by atoms with E-state index >= 15 is 0 Å². The second-order valence-electron chi connectivity index (χ2n) is 5.34. The fraction of sp³-hybridized carbons (Fsp3) is 0.600. The zero-order valence-electron chi connectivity index (χ0n) is 11.4. The Morgan fingerprint density at radius 2 is 1.83 bits per heavy atom. The van der Waals surface area contributed by atoms with E-state index in [4.69, 9.17) is 0 Å². The normalized spacial score (nSPS) is 20.9. The van der Waals surface area contributed by atoms with Crippen molar-refractivity contribution < 1.29 is 5.11 Å². The van der Waals surface area contributed by atoms with Gasteiger partial charge in [-0.3, -0.25) is 4.90 Å². The lowest BCUT2D eigenvalue weighted by molar-refractivity contribution is -0.0176. The van der Waals surface area contributed by atoms with Crippen LogP contribution in [0.5, 0.6) is 0 Å². The molecule has 0 amide bonds. The average molecular weight is 248 g/mol. The van der Waals surface area contributed by atoms with Gasteiger partial charge in [0.15, 0.2) is 0 Å². The van der Waals surface area contributed by atoms with E-state index in [1.807, 2.05) is 6.07 Å². The molecule has 1 heterocycles. The molecule has 0 aromatic heterocycles. The minimum Gasteiger partial charge on any atom is -0.394 e. The minimum atomic E-state index is -0.247. The van der Waals surface area contributed by atoms with E-state index < -0.39 is 0 Å². The van der Waals surface area contributed by atoms with Crippen molar-refractivity contribution in [1.29, 1.82) is 0 Å². The lowest BCUT2D eigenvalue weighted by Crippen LogP contribution is -2.58. The van der Waals surface area contributed by atoms with Gasteiger partial charge in [0.2, 0.25) is 0 Å². The highest BCUT2D eigenvalue weighted by Crippen LogP contribution is 2.35. The number of nitrogens with one attached hydrogen (secondary N) is 1. The van der Waals surface area contributed by atoms with Crippen molar-refractivity contribution >= 4 is 0 Å². The van der Waals surface area contributed by atoms with Crippen LogP contribution in [0.15, 0.2) is 30.3 Å². The first kappa shape index (κ1) is 13.5. The molecule has 1 aliphatic heterocycles. The molecule has 3 nitrogen and oxygen atoms in total. The number of aliphatic hydroxyl groups excluding tert-OH is 1. The maximum absolute atomic E-state index is 10.1. The molecule has 0 aliphatic carbocycles. The van der Waals surface area contributed by atoms with E-state index in [9.17, 15) is 5.11 Å². The van der Waals surface area contributed by atoms with Gasteiger partial charge < -0.3 is 10.4 Å². The van der Waals surface area contributed by atoms with Crippen LogP contribution in [0.2, 0.25) is 0 Å². The van der Waals surface area contributed by atoms with E-state index in [2.05, 4.69) is 48.3 Å². The van der Waals surface area contributed by atoms with Crippen LogP contribution in [0.25, 0.3) is 0 Å². The smallest absolute Gasteiger partial charge is 0.0718 e. The highest BCUT2D eigenvalue weighted by Gasteiger charge is 2.41. The summed E-state index contributed by atoms with van der Waals surface area (Å²) >= 11 is 0. The number of benzene rings is 1. The van der Waals surface area contributed by atoms with Gasteiger partial charge >= 0.3 is 0 Å². The fourth-order valence-electron chi connectivity index (χ4n) is 3.05. The van der Waals surface area contributed by atoms with Gasteiger partial charge in [0, 0.05) is 26.2 Å². The fourth-order valence-corrected chi connectivity index (χ4v) is 3.05. The second-order valence-corrected chi connectivity index (χ2v) is 5.34. The van der Waals surface area contributed by atoms with Crippen LogP contribution in [-0.2, 0) is 5.54 Å². The largest absolute Gasteiger partial charge is 0.394 e. The molecular formula is C15H24N2O. The Morgan fingerprint density at radius 3 is 2.33 bits per heavy atom. The second kappa shape index (κ2) is 5.83. The number of rotatable bonds is 4. The van der Waals surface area contributed by atoms with Crippen molar-refractivity contribution in [3.63, 3.8) is 0 Å². The van der Waals surface area contributed by atoms with Crippen LogP contribution in [-0.4, -0.2) is 42.8 Å². The quantitative estimate of drug-likeness (QED) is 0.846. The Morgan fingerprint density at radius 1 is 1.22 bits per heavy atom. The number of hydrogen-bond donors (Lipinski definition) is 2. The summed E-state index contributed by atoms with van der Waals surface area (Å²) in [6.45, 7) is 8.56. The molecule has 1 aliphatic rings. The summed E-state index contributed by atoms with van der Waals surface area (Å²) in [7, 11) is 0. The Balaban J connectivity index is 2.39. The lowest BCUT2D eigenvalue weighted by atomic mass is 9.78. The topological polar surface area (TPSA) is 35.5 Å². The van der Waals surface area contributed by atoms with Crippen LogP contribution >= 0.6 is 0 Å². The van der Waals surface area contributed by atoms with Crippen LogP contribution in [0.1, 0.15) is 19.4 Å². The average Bonchev–Trinajstić information content (AvgIpc) is 2.42. The van der Waals surface area contributed by atoms with Gasteiger partial charge in [-0.2, -0.15) is 0 Å². The summed E-state index contributed by atoms with van der Waals surface area (Å²) in [6.07, 6.45) is 0. The zero-order valence-corrected chi connectivity index (χ0v) is 11.4. The first-order chi connectivity index (χ1) is 8.71. The molecule has 1 unspecified atom stereocenters. The molecule has 18 heavy (non-hydrogen) atoms. The van der Waals surface area contributed by atoms with Gasteiger partial charge in [0.05, 0.1) is 12.1 Å². The van der Waals surface area contributed by atoms with Crippen LogP contribution in [0.4, 0.5) is 0 Å². The summed E-state index contributed by atoms with van der Waals surface area (Å²) in [5, 5.41) is 13.5. The first-order valence-corrected chi connectivity index (χ1v) is 6.84. The highest BCUT2D eigenvalue weighted by molar-refractivity contribution is 5.26. The summed E-state index contributed by atoms with van der Waals surface area (Å²) in [5.74, 6) is 0.378. The van der Waals surface area contributed by atoms with Gasteiger partial charge in [-0.05, 0) is 11.5 Å². The number of nitrogens with zero attached hydrogens (tertiary/aromatic N) is 1. The van der Waals surface area contributed by atoms with Gasteiger partial charge in [-0.1, -0.05) is 44.2 Å². The van der Waals surface area contributed by atoms with Crippen molar-refractivity contribution in [2.75, 3.05) is 32.8 Å². The van der Waals surface area contributed by atoms with E-state index in [-0.39, 0.29) is 12.1 Å². The van der Waals surface area contributed by atoms with Gasteiger partial charge in [0.1, 0.15) is 0 Å². The molecule has 2 rings (SSSR count). The van der Waals surface area contributed by atoms with E-state index in [0.717, 1.165) is 26.2 Å². The minimum absolute atomic E-state index is 0.175. The zero-order chi connectivity index (χ0) is 13.0. The third-order valence-corrected chi connectivity index (χ3v) is 4.15. The number of piperazine rings is 1. The van der Waals surface area contributed by atoms with Crippen molar-refractivity contribution in [2.24, 2.45) is 5.92 Å². The predicted molar refractivity (Wildman–Crippen MR) is 74.5 cm³/mol. The van der Waals surface area contributed by atoms with Crippen LogP contribution in [0, 0.1) is 5.92 Å². The number of aliphatic hydroxyl groups is 1. The molecule has 0 radical (unpaired) electrons. The lowest BCUT2D eigenvalue weighted by Gasteiger charge is -2.48. The molecule has 2 N–H and O–H groups in total. The van der Waals surface area contributed by atoms with Crippen molar-refractivity contribution in [2.45, 2.75) is 19.4 Å². The Bertz CT molecular complexity index is 360. The van der Waals surface area contributed by atoms with Crippen molar-refractivity contribution in [3.05, 3.63) is 35.9 Å². The number of hydrogen-bond acceptors (Lipinski definition) is 3. The van der Waals surface area contributed by atoms with Crippen molar-refractivity contribution in [1.82, 2.24) is 10.2 Å². The maximum atomic E-state index is 10.1. The van der Waals surface area contributed by atoms with Gasteiger partial charge in [-0.15, -0.1) is 0 Å². The Labute approximate surface area is 110 Å².